The Morgan fingerprint density at radius 1 is 0.571 bits per heavy atom. The lowest BCUT2D eigenvalue weighted by atomic mass is 11.2. The second-order valence-corrected chi connectivity index (χ2v) is 16.3. The molecule has 0 heterocycles. The molecular formula is C12H28O6Si3. The second kappa shape index (κ2) is 7.94. The minimum Gasteiger partial charge on any atom is -0.374 e. The Morgan fingerprint density at radius 3 is 0.905 bits per heavy atom. The largest absolute Gasteiger partial charge is 0.527 e. The zero-order valence-corrected chi connectivity index (χ0v) is 17.4. The summed E-state index contributed by atoms with van der Waals surface area (Å²) in [5.41, 5.74) is 0. The lowest BCUT2D eigenvalue weighted by molar-refractivity contribution is 0.135. The molecule has 0 unspecified atom stereocenters. The third-order valence-corrected chi connectivity index (χ3v) is 17.2. The van der Waals surface area contributed by atoms with Crippen LogP contribution in [-0.2, 0) is 26.6 Å². The minimum absolute atomic E-state index is 0.801. The molecule has 0 fully saturated rings. The van der Waals surface area contributed by atoms with E-state index in [9.17, 15) is 0 Å². The Bertz CT molecular complexity index is 327. The molecule has 0 aliphatic heterocycles. The van der Waals surface area contributed by atoms with Crippen molar-refractivity contribution in [2.75, 3.05) is 42.7 Å². The number of hydrogen-bond donors (Lipinski definition) is 0. The van der Waals surface area contributed by atoms with Gasteiger partial charge in [-0.1, -0.05) is 13.1 Å². The first kappa shape index (κ1) is 20.9. The first-order valence-electron chi connectivity index (χ1n) is 6.38. The van der Waals surface area contributed by atoms with Crippen molar-refractivity contribution < 1.29 is 26.6 Å². The van der Waals surface area contributed by atoms with E-state index in [0.717, 1.165) is 9.64 Å². The highest BCUT2D eigenvalue weighted by molar-refractivity contribution is 7.11. The average Bonchev–Trinajstić information content (AvgIpc) is 2.51. The highest BCUT2D eigenvalue weighted by atomic mass is 28.5. The van der Waals surface area contributed by atoms with E-state index >= 15 is 0 Å². The zero-order chi connectivity index (χ0) is 16.9. The van der Waals surface area contributed by atoms with Crippen molar-refractivity contribution in [3.8, 4) is 0 Å². The van der Waals surface area contributed by atoms with E-state index in [2.05, 4.69) is 26.3 Å². The van der Waals surface area contributed by atoms with Gasteiger partial charge in [0.1, 0.15) is 8.07 Å². The zero-order valence-electron chi connectivity index (χ0n) is 14.4. The summed E-state index contributed by atoms with van der Waals surface area (Å²) < 4.78 is 33.2. The molecule has 9 heteroatoms. The van der Waals surface area contributed by atoms with Crippen molar-refractivity contribution in [2.45, 2.75) is 13.1 Å². The van der Waals surface area contributed by atoms with Gasteiger partial charge in [-0.05, 0) is 9.64 Å². The van der Waals surface area contributed by atoms with Crippen LogP contribution in [0, 0.1) is 0 Å². The Morgan fingerprint density at radius 2 is 0.762 bits per heavy atom. The molecule has 21 heavy (non-hydrogen) atoms. The molecule has 0 aliphatic carbocycles. The highest BCUT2D eigenvalue weighted by Crippen LogP contribution is 2.35. The predicted molar refractivity (Wildman–Crippen MR) is 89.3 cm³/mol. The van der Waals surface area contributed by atoms with E-state index in [0.29, 0.717) is 0 Å². The molecule has 6 nitrogen and oxygen atoms in total. The molecule has 0 aliphatic rings. The van der Waals surface area contributed by atoms with Gasteiger partial charge >= 0.3 is 17.6 Å². The normalized spacial score (nSPS) is 13.3. The molecule has 0 aromatic carbocycles. The number of hydrogen-bond acceptors (Lipinski definition) is 6. The van der Waals surface area contributed by atoms with Crippen molar-refractivity contribution in [3.05, 3.63) is 22.8 Å². The van der Waals surface area contributed by atoms with Gasteiger partial charge in [0.05, 0.1) is 0 Å². The van der Waals surface area contributed by atoms with Gasteiger partial charge in [-0.2, -0.15) is 0 Å². The van der Waals surface area contributed by atoms with Crippen LogP contribution in [0.3, 0.4) is 0 Å². The summed E-state index contributed by atoms with van der Waals surface area (Å²) in [5.74, 6) is 0. The molecule has 0 saturated heterocycles. The fraction of sp³-hybridized carbons (Fsp3) is 0.667. The van der Waals surface area contributed by atoms with Crippen LogP contribution in [0.5, 0.6) is 0 Å². The summed E-state index contributed by atoms with van der Waals surface area (Å²) >= 11 is 0. The van der Waals surface area contributed by atoms with Crippen LogP contribution in [0.25, 0.3) is 0 Å². The van der Waals surface area contributed by atoms with Crippen LogP contribution >= 0.6 is 0 Å². The molecule has 0 atom stereocenters. The monoisotopic (exact) mass is 352 g/mol. The molecular weight excluding hydrogens is 324 g/mol. The second-order valence-electron chi connectivity index (χ2n) is 4.92. The first-order valence-corrected chi connectivity index (χ1v) is 12.8. The molecule has 0 aromatic heterocycles. The van der Waals surface area contributed by atoms with Gasteiger partial charge in [-0.25, -0.2) is 0 Å². The summed E-state index contributed by atoms with van der Waals surface area (Å²) in [6.07, 6.45) is 0. The fourth-order valence-electron chi connectivity index (χ4n) is 2.19. The Kier molecular flexibility index (Phi) is 7.90. The van der Waals surface area contributed by atoms with Crippen molar-refractivity contribution in [1.82, 2.24) is 0 Å². The van der Waals surface area contributed by atoms with Gasteiger partial charge in [-0.15, -0.1) is 13.2 Å². The molecule has 0 aromatic rings. The Hall–Kier alpha value is -0.109. The summed E-state index contributed by atoms with van der Waals surface area (Å²) in [6.45, 7) is 12.5. The summed E-state index contributed by atoms with van der Waals surface area (Å²) in [4.78, 5) is 1.60. The van der Waals surface area contributed by atoms with Crippen LogP contribution in [-0.4, -0.2) is 68.3 Å². The molecule has 0 bridgehead atoms. The lowest BCUT2D eigenvalue weighted by Gasteiger charge is -2.39. The third-order valence-electron chi connectivity index (χ3n) is 3.86. The molecule has 0 spiro atoms. The first-order chi connectivity index (χ1) is 9.67. The van der Waals surface area contributed by atoms with Gasteiger partial charge in [0.25, 0.3) is 0 Å². The van der Waals surface area contributed by atoms with E-state index in [4.69, 9.17) is 26.6 Å². The predicted octanol–water partition coefficient (Wildman–Crippen LogP) is 1.72. The average molecular weight is 353 g/mol. The van der Waals surface area contributed by atoms with Gasteiger partial charge in [0, 0.05) is 42.7 Å². The van der Waals surface area contributed by atoms with E-state index in [1.165, 1.54) is 0 Å². The van der Waals surface area contributed by atoms with Crippen molar-refractivity contribution in [2.24, 2.45) is 0 Å². The third kappa shape index (κ3) is 3.63. The van der Waals surface area contributed by atoms with Crippen LogP contribution < -0.4 is 0 Å². The van der Waals surface area contributed by atoms with Crippen LogP contribution in [0.1, 0.15) is 0 Å². The van der Waals surface area contributed by atoms with E-state index in [1.807, 2.05) is 0 Å². The summed E-state index contributed by atoms with van der Waals surface area (Å²) in [7, 11) is 1.09. The highest BCUT2D eigenvalue weighted by Gasteiger charge is 2.56. The maximum Gasteiger partial charge on any atom is 0.527 e. The molecule has 124 valence electrons. The van der Waals surface area contributed by atoms with Crippen molar-refractivity contribution >= 4 is 25.7 Å². The van der Waals surface area contributed by atoms with Crippen molar-refractivity contribution in [1.29, 1.82) is 0 Å². The standard InChI is InChI=1S/C12H28O6Si3/c1-11(20(13-3,14-4)15-5)19(9,10)12(2)21(16-6,17-7)18-8/h1-2H2,3-10H3. The maximum absolute atomic E-state index is 5.53. The van der Waals surface area contributed by atoms with Gasteiger partial charge < -0.3 is 26.6 Å². The summed E-state index contributed by atoms with van der Waals surface area (Å²) in [6, 6.07) is 0. The SMILES string of the molecule is C=C([Si](OC)(OC)OC)[Si](C)(C)C(=C)[Si](OC)(OC)OC. The van der Waals surface area contributed by atoms with Gasteiger partial charge in [0.15, 0.2) is 0 Å². The van der Waals surface area contributed by atoms with Crippen LogP contribution in [0.2, 0.25) is 13.1 Å². The molecule has 0 radical (unpaired) electrons. The number of rotatable bonds is 10. The van der Waals surface area contributed by atoms with Crippen molar-refractivity contribution in [3.63, 3.8) is 0 Å². The van der Waals surface area contributed by atoms with E-state index in [-0.39, 0.29) is 0 Å². The quantitative estimate of drug-likeness (QED) is 0.558. The van der Waals surface area contributed by atoms with Crippen LogP contribution in [0.4, 0.5) is 0 Å². The van der Waals surface area contributed by atoms with Gasteiger partial charge in [0.2, 0.25) is 0 Å². The lowest BCUT2D eigenvalue weighted by Crippen LogP contribution is -2.60. The van der Waals surface area contributed by atoms with Crippen LogP contribution in [0.15, 0.2) is 22.8 Å². The smallest absolute Gasteiger partial charge is 0.374 e. The molecule has 0 amide bonds. The molecule has 0 N–H and O–H groups in total. The fourth-order valence-corrected chi connectivity index (χ4v) is 14.3. The molecule has 0 saturated carbocycles. The summed E-state index contributed by atoms with van der Waals surface area (Å²) in [5, 5.41) is 0. The Labute approximate surface area is 131 Å². The molecule has 0 rings (SSSR count). The topological polar surface area (TPSA) is 55.4 Å². The van der Waals surface area contributed by atoms with Gasteiger partial charge in [-0.3, -0.25) is 0 Å². The maximum atomic E-state index is 5.53. The van der Waals surface area contributed by atoms with E-state index < -0.39 is 25.7 Å². The Balaban J connectivity index is 5.75. The van der Waals surface area contributed by atoms with E-state index in [1.54, 1.807) is 42.7 Å². The minimum atomic E-state index is -2.97.